The number of hydrogen-bond donors (Lipinski definition) is 2. The van der Waals surface area contributed by atoms with E-state index in [0.29, 0.717) is 12.2 Å². The summed E-state index contributed by atoms with van der Waals surface area (Å²) in [7, 11) is 0. The number of nitrogens with zero attached hydrogens (tertiary/aromatic N) is 4. The maximum atomic E-state index is 11.8. The smallest absolute Gasteiger partial charge is 0.223 e. The average molecular weight is 274 g/mol. The number of fused-ring (bicyclic) bond motifs is 1. The molecule has 1 fully saturated rings. The summed E-state index contributed by atoms with van der Waals surface area (Å²) in [6.07, 6.45) is 4.87. The minimum atomic E-state index is 0.116. The van der Waals surface area contributed by atoms with E-state index in [1.54, 1.807) is 6.33 Å². The maximum Gasteiger partial charge on any atom is 0.223 e. The SMILES string of the molecule is CCNC(=O)C1CCN(c2ncnc3nc[nH]c23)CC1. The van der Waals surface area contributed by atoms with Gasteiger partial charge in [-0.1, -0.05) is 0 Å². The molecule has 7 nitrogen and oxygen atoms in total. The number of aromatic amines is 1. The first-order valence-electron chi connectivity index (χ1n) is 6.96. The number of anilines is 1. The Morgan fingerprint density at radius 2 is 2.20 bits per heavy atom. The molecule has 0 saturated carbocycles. The van der Waals surface area contributed by atoms with Crippen LogP contribution in [0.15, 0.2) is 12.7 Å². The number of piperidine rings is 1. The number of carbonyl (C=O) groups is 1. The third kappa shape index (κ3) is 2.31. The summed E-state index contributed by atoms with van der Waals surface area (Å²) in [5.41, 5.74) is 1.55. The van der Waals surface area contributed by atoms with E-state index in [-0.39, 0.29) is 11.8 Å². The standard InChI is InChI=1S/C13H18N6O/c1-2-14-13(20)9-3-5-19(6-4-9)12-10-11(16-7-15-10)17-8-18-12/h7-9H,2-6H2,1H3,(H,14,20)(H,15,16,17,18). The van der Waals surface area contributed by atoms with Gasteiger partial charge in [-0.3, -0.25) is 4.79 Å². The lowest BCUT2D eigenvalue weighted by Gasteiger charge is -2.32. The number of carbonyl (C=O) groups excluding carboxylic acids is 1. The van der Waals surface area contributed by atoms with E-state index < -0.39 is 0 Å². The van der Waals surface area contributed by atoms with Crippen molar-refractivity contribution in [2.45, 2.75) is 19.8 Å². The van der Waals surface area contributed by atoms with E-state index in [4.69, 9.17) is 0 Å². The van der Waals surface area contributed by atoms with Gasteiger partial charge in [0.05, 0.1) is 6.33 Å². The Bertz CT molecular complexity index is 602. The molecular weight excluding hydrogens is 256 g/mol. The van der Waals surface area contributed by atoms with Crippen molar-refractivity contribution in [3.05, 3.63) is 12.7 Å². The van der Waals surface area contributed by atoms with E-state index in [9.17, 15) is 4.79 Å². The maximum absolute atomic E-state index is 11.8. The van der Waals surface area contributed by atoms with Crippen LogP contribution in [0.5, 0.6) is 0 Å². The molecule has 0 aromatic carbocycles. The number of hydrogen-bond acceptors (Lipinski definition) is 5. The quantitative estimate of drug-likeness (QED) is 0.860. The predicted molar refractivity (Wildman–Crippen MR) is 75.3 cm³/mol. The van der Waals surface area contributed by atoms with Crippen molar-refractivity contribution in [1.29, 1.82) is 0 Å². The van der Waals surface area contributed by atoms with Gasteiger partial charge in [0.1, 0.15) is 11.8 Å². The summed E-state index contributed by atoms with van der Waals surface area (Å²) in [6, 6.07) is 0. The van der Waals surface area contributed by atoms with Crippen molar-refractivity contribution in [1.82, 2.24) is 25.3 Å². The number of rotatable bonds is 3. The highest BCUT2D eigenvalue weighted by molar-refractivity contribution is 5.83. The van der Waals surface area contributed by atoms with Gasteiger partial charge in [-0.2, -0.15) is 0 Å². The average Bonchev–Trinajstić information content (AvgIpc) is 2.96. The molecule has 2 aromatic rings. The van der Waals surface area contributed by atoms with Gasteiger partial charge in [0, 0.05) is 25.6 Å². The van der Waals surface area contributed by atoms with Gasteiger partial charge in [-0.15, -0.1) is 0 Å². The molecule has 1 aliphatic heterocycles. The first kappa shape index (κ1) is 12.8. The molecule has 106 valence electrons. The van der Waals surface area contributed by atoms with Gasteiger partial charge in [-0.25, -0.2) is 15.0 Å². The fourth-order valence-electron chi connectivity index (χ4n) is 2.66. The number of nitrogens with one attached hydrogen (secondary N) is 2. The van der Waals surface area contributed by atoms with Gasteiger partial charge in [0.25, 0.3) is 0 Å². The molecule has 2 aromatic heterocycles. The highest BCUT2D eigenvalue weighted by Gasteiger charge is 2.26. The lowest BCUT2D eigenvalue weighted by Crippen LogP contribution is -2.40. The Kier molecular flexibility index (Phi) is 3.49. The van der Waals surface area contributed by atoms with Crippen molar-refractivity contribution in [3.8, 4) is 0 Å². The molecule has 1 amide bonds. The molecule has 3 heterocycles. The first-order chi connectivity index (χ1) is 9.79. The van der Waals surface area contributed by atoms with Crippen molar-refractivity contribution >= 4 is 22.9 Å². The Labute approximate surface area is 116 Å². The van der Waals surface area contributed by atoms with E-state index in [0.717, 1.165) is 37.3 Å². The molecule has 0 unspecified atom stereocenters. The number of imidazole rings is 1. The summed E-state index contributed by atoms with van der Waals surface area (Å²) < 4.78 is 0. The molecule has 0 bridgehead atoms. The number of H-pyrrole nitrogens is 1. The normalized spacial score (nSPS) is 16.6. The minimum Gasteiger partial charge on any atom is -0.356 e. The minimum absolute atomic E-state index is 0.116. The zero-order valence-corrected chi connectivity index (χ0v) is 11.5. The Morgan fingerprint density at radius 3 is 2.95 bits per heavy atom. The van der Waals surface area contributed by atoms with Crippen molar-refractivity contribution in [2.75, 3.05) is 24.5 Å². The van der Waals surface area contributed by atoms with Crippen LogP contribution in [-0.4, -0.2) is 45.5 Å². The van der Waals surface area contributed by atoms with Gasteiger partial charge in [0.15, 0.2) is 11.5 Å². The van der Waals surface area contributed by atoms with Crippen LogP contribution in [0, 0.1) is 5.92 Å². The molecule has 1 saturated heterocycles. The molecule has 7 heteroatoms. The Balaban J connectivity index is 1.72. The second-order valence-electron chi connectivity index (χ2n) is 4.95. The molecule has 0 spiro atoms. The van der Waals surface area contributed by atoms with Crippen LogP contribution < -0.4 is 10.2 Å². The fourth-order valence-corrected chi connectivity index (χ4v) is 2.66. The lowest BCUT2D eigenvalue weighted by atomic mass is 9.96. The summed E-state index contributed by atoms with van der Waals surface area (Å²) in [5, 5.41) is 2.90. The van der Waals surface area contributed by atoms with E-state index >= 15 is 0 Å². The second kappa shape index (κ2) is 5.44. The first-order valence-corrected chi connectivity index (χ1v) is 6.96. The molecule has 0 radical (unpaired) electrons. The van der Waals surface area contributed by atoms with Gasteiger partial charge < -0.3 is 15.2 Å². The Morgan fingerprint density at radius 1 is 1.40 bits per heavy atom. The third-order valence-electron chi connectivity index (χ3n) is 3.72. The molecule has 2 N–H and O–H groups in total. The van der Waals surface area contributed by atoms with Crippen LogP contribution in [0.1, 0.15) is 19.8 Å². The third-order valence-corrected chi connectivity index (χ3v) is 3.72. The summed E-state index contributed by atoms with van der Waals surface area (Å²) in [4.78, 5) is 29.7. The van der Waals surface area contributed by atoms with Gasteiger partial charge in [-0.05, 0) is 19.8 Å². The topological polar surface area (TPSA) is 86.8 Å². The molecule has 0 atom stereocenters. The highest BCUT2D eigenvalue weighted by atomic mass is 16.1. The van der Waals surface area contributed by atoms with Crippen LogP contribution in [0.4, 0.5) is 5.82 Å². The van der Waals surface area contributed by atoms with Crippen molar-refractivity contribution in [3.63, 3.8) is 0 Å². The lowest BCUT2D eigenvalue weighted by molar-refractivity contribution is -0.125. The summed E-state index contributed by atoms with van der Waals surface area (Å²) in [6.45, 7) is 4.29. The van der Waals surface area contributed by atoms with Gasteiger partial charge in [0.2, 0.25) is 5.91 Å². The fraction of sp³-hybridized carbons (Fsp3) is 0.538. The van der Waals surface area contributed by atoms with Crippen LogP contribution in [0.25, 0.3) is 11.2 Å². The van der Waals surface area contributed by atoms with Crippen LogP contribution in [0.2, 0.25) is 0 Å². The largest absolute Gasteiger partial charge is 0.356 e. The van der Waals surface area contributed by atoms with Crippen LogP contribution >= 0.6 is 0 Å². The van der Waals surface area contributed by atoms with Crippen LogP contribution in [-0.2, 0) is 4.79 Å². The summed E-state index contributed by atoms with van der Waals surface area (Å²) in [5.74, 6) is 1.16. The van der Waals surface area contributed by atoms with Gasteiger partial charge >= 0.3 is 0 Å². The Hall–Kier alpha value is -2.18. The van der Waals surface area contributed by atoms with Crippen LogP contribution in [0.3, 0.4) is 0 Å². The second-order valence-corrected chi connectivity index (χ2v) is 4.95. The molecule has 0 aliphatic carbocycles. The van der Waals surface area contributed by atoms with Crippen molar-refractivity contribution < 1.29 is 4.79 Å². The van der Waals surface area contributed by atoms with Crippen molar-refractivity contribution in [2.24, 2.45) is 5.92 Å². The van der Waals surface area contributed by atoms with E-state index in [2.05, 4.69) is 30.2 Å². The molecule has 3 rings (SSSR count). The molecule has 1 aliphatic rings. The number of amides is 1. The predicted octanol–water partition coefficient (Wildman–Crippen LogP) is 0.705. The zero-order chi connectivity index (χ0) is 13.9. The summed E-state index contributed by atoms with van der Waals surface area (Å²) >= 11 is 0. The molecular formula is C13H18N6O. The number of aromatic nitrogens is 4. The molecule has 20 heavy (non-hydrogen) atoms. The zero-order valence-electron chi connectivity index (χ0n) is 11.5. The van der Waals surface area contributed by atoms with E-state index in [1.165, 1.54) is 6.33 Å². The van der Waals surface area contributed by atoms with E-state index in [1.807, 2.05) is 6.92 Å². The highest BCUT2D eigenvalue weighted by Crippen LogP contribution is 2.25. The monoisotopic (exact) mass is 274 g/mol.